The van der Waals surface area contributed by atoms with E-state index in [4.69, 9.17) is 4.74 Å². The fraction of sp³-hybridized carbons (Fsp3) is 0.938. The molecule has 0 spiro atoms. The molecule has 0 aromatic rings. The van der Waals surface area contributed by atoms with Crippen molar-refractivity contribution < 1.29 is 9.53 Å². The molecule has 18 heavy (non-hydrogen) atoms. The molecule has 1 aliphatic rings. The number of rotatable bonds is 8. The molecule has 1 fully saturated rings. The van der Waals surface area contributed by atoms with Crippen LogP contribution >= 0.6 is 0 Å². The Morgan fingerprint density at radius 2 is 1.72 bits per heavy atom. The molecule has 1 aliphatic carbocycles. The van der Waals surface area contributed by atoms with Gasteiger partial charge in [0.2, 0.25) is 0 Å². The molecule has 0 aromatic heterocycles. The van der Waals surface area contributed by atoms with E-state index in [0.717, 1.165) is 12.8 Å². The van der Waals surface area contributed by atoms with Gasteiger partial charge < -0.3 is 4.74 Å². The van der Waals surface area contributed by atoms with Crippen LogP contribution in [0.15, 0.2) is 0 Å². The van der Waals surface area contributed by atoms with Gasteiger partial charge in [0, 0.05) is 13.0 Å². The van der Waals surface area contributed by atoms with Gasteiger partial charge in [0.15, 0.2) is 5.78 Å². The van der Waals surface area contributed by atoms with E-state index in [9.17, 15) is 4.79 Å². The maximum atomic E-state index is 12.4. The van der Waals surface area contributed by atoms with Gasteiger partial charge in [0.1, 0.15) is 6.10 Å². The van der Waals surface area contributed by atoms with Crippen LogP contribution in [-0.2, 0) is 9.53 Å². The topological polar surface area (TPSA) is 26.3 Å². The Bertz CT molecular complexity index is 227. The molecule has 0 aliphatic heterocycles. The Morgan fingerprint density at radius 3 is 2.22 bits per heavy atom. The Labute approximate surface area is 112 Å². The zero-order chi connectivity index (χ0) is 13.4. The maximum Gasteiger partial charge on any atom is 0.162 e. The Balaban J connectivity index is 2.55. The average Bonchev–Trinajstić information content (AvgIpc) is 2.42. The fourth-order valence-corrected chi connectivity index (χ4v) is 3.09. The Morgan fingerprint density at radius 1 is 1.11 bits per heavy atom. The number of Topliss-reactive ketones (excluding diaryl/α,β-unsaturated/α-hetero) is 1. The minimum Gasteiger partial charge on any atom is -0.370 e. The van der Waals surface area contributed by atoms with E-state index in [1.165, 1.54) is 32.1 Å². The molecule has 1 rings (SSSR count). The molecule has 2 nitrogen and oxygen atoms in total. The summed E-state index contributed by atoms with van der Waals surface area (Å²) in [5.74, 6) is 1.39. The second-order valence-electron chi connectivity index (χ2n) is 5.63. The summed E-state index contributed by atoms with van der Waals surface area (Å²) < 4.78 is 5.78. The molecule has 1 atom stereocenters. The second kappa shape index (κ2) is 8.68. The first kappa shape index (κ1) is 15.7. The lowest BCUT2D eigenvalue weighted by Gasteiger charge is -2.29. The van der Waals surface area contributed by atoms with Gasteiger partial charge in [-0.25, -0.2) is 0 Å². The quantitative estimate of drug-likeness (QED) is 0.643. The molecule has 2 heteroatoms. The fourth-order valence-electron chi connectivity index (χ4n) is 3.09. The summed E-state index contributed by atoms with van der Waals surface area (Å²) in [5, 5.41) is 0. The maximum absolute atomic E-state index is 12.4. The van der Waals surface area contributed by atoms with Crippen molar-refractivity contribution >= 4 is 5.78 Å². The summed E-state index contributed by atoms with van der Waals surface area (Å²) >= 11 is 0. The van der Waals surface area contributed by atoms with Crippen molar-refractivity contribution in [2.24, 2.45) is 11.8 Å². The summed E-state index contributed by atoms with van der Waals surface area (Å²) in [6.45, 7) is 7.02. The molecule has 0 heterocycles. The first-order valence-corrected chi connectivity index (χ1v) is 7.87. The van der Waals surface area contributed by atoms with Crippen molar-refractivity contribution in [2.45, 2.75) is 78.2 Å². The molecule has 1 unspecified atom stereocenters. The van der Waals surface area contributed by atoms with E-state index in [-0.39, 0.29) is 6.10 Å². The number of hydrogen-bond donors (Lipinski definition) is 0. The van der Waals surface area contributed by atoms with Crippen LogP contribution in [0, 0.1) is 11.8 Å². The predicted molar refractivity (Wildman–Crippen MR) is 75.7 cm³/mol. The van der Waals surface area contributed by atoms with Crippen molar-refractivity contribution in [3.8, 4) is 0 Å². The van der Waals surface area contributed by atoms with E-state index in [1.54, 1.807) is 0 Å². The number of ether oxygens (including phenoxy) is 1. The summed E-state index contributed by atoms with van der Waals surface area (Å²) in [7, 11) is 0. The van der Waals surface area contributed by atoms with Crippen LogP contribution in [-0.4, -0.2) is 18.5 Å². The van der Waals surface area contributed by atoms with Crippen molar-refractivity contribution in [3.05, 3.63) is 0 Å². The number of hydrogen-bond acceptors (Lipinski definition) is 2. The third-order valence-electron chi connectivity index (χ3n) is 4.39. The molecule has 106 valence electrons. The predicted octanol–water partition coefficient (Wildman–Crippen LogP) is 4.37. The van der Waals surface area contributed by atoms with Crippen LogP contribution in [0.3, 0.4) is 0 Å². The first-order chi connectivity index (χ1) is 8.72. The van der Waals surface area contributed by atoms with Crippen LogP contribution in [0.2, 0.25) is 0 Å². The minimum atomic E-state index is -0.115. The van der Waals surface area contributed by atoms with Gasteiger partial charge in [-0.3, -0.25) is 4.79 Å². The van der Waals surface area contributed by atoms with E-state index >= 15 is 0 Å². The van der Waals surface area contributed by atoms with Crippen LogP contribution in [0.5, 0.6) is 0 Å². The molecule has 0 N–H and O–H groups in total. The van der Waals surface area contributed by atoms with Crippen LogP contribution in [0.1, 0.15) is 72.1 Å². The highest BCUT2D eigenvalue weighted by Crippen LogP contribution is 2.30. The van der Waals surface area contributed by atoms with Gasteiger partial charge in [-0.2, -0.15) is 0 Å². The van der Waals surface area contributed by atoms with Gasteiger partial charge in [-0.1, -0.05) is 46.0 Å². The zero-order valence-corrected chi connectivity index (χ0v) is 12.4. The standard InChI is InChI=1S/C16H30O2/c1-4-13(5-2)12-15(17)16(18-6-3)14-10-8-7-9-11-14/h13-14,16H,4-12H2,1-3H3. The number of carbonyl (C=O) groups is 1. The Hall–Kier alpha value is -0.370. The van der Waals surface area contributed by atoms with Gasteiger partial charge >= 0.3 is 0 Å². The third-order valence-corrected chi connectivity index (χ3v) is 4.39. The first-order valence-electron chi connectivity index (χ1n) is 7.87. The molecular formula is C16H30O2. The van der Waals surface area contributed by atoms with Crippen LogP contribution in [0.25, 0.3) is 0 Å². The molecule has 0 aromatic carbocycles. The molecule has 0 radical (unpaired) electrons. The SMILES string of the molecule is CCOC(C(=O)CC(CC)CC)C1CCCCC1. The van der Waals surface area contributed by atoms with Gasteiger partial charge in [0.05, 0.1) is 0 Å². The highest BCUT2D eigenvalue weighted by atomic mass is 16.5. The summed E-state index contributed by atoms with van der Waals surface area (Å²) in [4.78, 5) is 12.4. The van der Waals surface area contributed by atoms with Gasteiger partial charge in [-0.05, 0) is 31.6 Å². The lowest BCUT2D eigenvalue weighted by molar-refractivity contribution is -0.135. The van der Waals surface area contributed by atoms with Crippen molar-refractivity contribution in [1.29, 1.82) is 0 Å². The smallest absolute Gasteiger partial charge is 0.162 e. The minimum absolute atomic E-state index is 0.115. The van der Waals surface area contributed by atoms with E-state index in [1.807, 2.05) is 6.92 Å². The zero-order valence-electron chi connectivity index (χ0n) is 12.4. The molecule has 0 amide bonds. The normalized spacial score (nSPS) is 19.1. The van der Waals surface area contributed by atoms with E-state index in [0.29, 0.717) is 30.6 Å². The monoisotopic (exact) mass is 254 g/mol. The highest BCUT2D eigenvalue weighted by molar-refractivity contribution is 5.83. The average molecular weight is 254 g/mol. The largest absolute Gasteiger partial charge is 0.370 e. The van der Waals surface area contributed by atoms with Crippen LogP contribution < -0.4 is 0 Å². The van der Waals surface area contributed by atoms with Gasteiger partial charge in [0.25, 0.3) is 0 Å². The summed E-state index contributed by atoms with van der Waals surface area (Å²) in [5.41, 5.74) is 0. The second-order valence-corrected chi connectivity index (χ2v) is 5.63. The lowest BCUT2D eigenvalue weighted by Crippen LogP contribution is -2.35. The lowest BCUT2D eigenvalue weighted by atomic mass is 9.81. The molecule has 0 saturated heterocycles. The van der Waals surface area contributed by atoms with Crippen LogP contribution in [0.4, 0.5) is 0 Å². The summed E-state index contributed by atoms with van der Waals surface area (Å²) in [6, 6.07) is 0. The molecule has 1 saturated carbocycles. The molecular weight excluding hydrogens is 224 g/mol. The van der Waals surface area contributed by atoms with Crippen molar-refractivity contribution in [2.75, 3.05) is 6.61 Å². The number of ketones is 1. The Kier molecular flexibility index (Phi) is 7.57. The van der Waals surface area contributed by atoms with E-state index < -0.39 is 0 Å². The number of carbonyl (C=O) groups excluding carboxylic acids is 1. The molecule has 0 bridgehead atoms. The third kappa shape index (κ3) is 4.72. The van der Waals surface area contributed by atoms with E-state index in [2.05, 4.69) is 13.8 Å². The summed E-state index contributed by atoms with van der Waals surface area (Å²) in [6.07, 6.45) is 9.04. The van der Waals surface area contributed by atoms with Crippen molar-refractivity contribution in [3.63, 3.8) is 0 Å². The van der Waals surface area contributed by atoms with Gasteiger partial charge in [-0.15, -0.1) is 0 Å². The van der Waals surface area contributed by atoms with Crippen molar-refractivity contribution in [1.82, 2.24) is 0 Å². The highest BCUT2D eigenvalue weighted by Gasteiger charge is 2.30.